The average molecular weight is 301 g/mol. The summed E-state index contributed by atoms with van der Waals surface area (Å²) >= 11 is 5.74. The fraction of sp³-hybridized carbons (Fsp3) is 0.538. The van der Waals surface area contributed by atoms with Crippen molar-refractivity contribution < 1.29 is 14.4 Å². The van der Waals surface area contributed by atoms with Crippen LogP contribution < -0.4 is 4.90 Å². The molecule has 2 aliphatic rings. The van der Waals surface area contributed by atoms with Gasteiger partial charge in [-0.2, -0.15) is 0 Å². The number of hydrogen-bond acceptors (Lipinski definition) is 4. The van der Waals surface area contributed by atoms with Gasteiger partial charge < -0.3 is 10.0 Å². The number of nitro benzene ring substituents is 1. The van der Waals surface area contributed by atoms with Crippen molar-refractivity contribution in [2.45, 2.75) is 18.9 Å². The van der Waals surface area contributed by atoms with Gasteiger partial charge in [0.15, 0.2) is 0 Å². The van der Waals surface area contributed by atoms with E-state index < -0.39 is 10.7 Å². The van der Waals surface area contributed by atoms with Gasteiger partial charge in [-0.15, -0.1) is 0 Å². The predicted octanol–water partition coefficient (Wildman–Crippen LogP) is 2.59. The van der Waals surface area contributed by atoms with Crippen molar-refractivity contribution in [1.82, 2.24) is 0 Å². The molecule has 108 valence electrons. The largest absolute Gasteiger partial charge is 0.393 e. The van der Waals surface area contributed by atoms with E-state index in [4.69, 9.17) is 11.6 Å². The molecule has 0 amide bonds. The lowest BCUT2D eigenvalue weighted by Gasteiger charge is -2.20. The summed E-state index contributed by atoms with van der Waals surface area (Å²) in [5.74, 6) is -0.312. The number of fused-ring (bicyclic) bond motifs is 1. The first-order valence-electron chi connectivity index (χ1n) is 6.54. The van der Waals surface area contributed by atoms with E-state index in [2.05, 4.69) is 0 Å². The molecule has 3 rings (SSSR count). The lowest BCUT2D eigenvalue weighted by Crippen LogP contribution is -2.25. The van der Waals surface area contributed by atoms with Crippen LogP contribution in [0.15, 0.2) is 12.1 Å². The Hall–Kier alpha value is -1.40. The standard InChI is InChI=1S/C13H14ClFN2O3/c14-9-3-11(12(17(19)20)4-10(9)15)16-5-7-1-2-13(18)8(7)6-16/h3-4,7-8,13,18H,1-2,5-6H2. The molecule has 1 aliphatic heterocycles. The molecule has 0 bridgehead atoms. The van der Waals surface area contributed by atoms with Gasteiger partial charge in [-0.1, -0.05) is 11.6 Å². The lowest BCUT2D eigenvalue weighted by molar-refractivity contribution is -0.384. The number of aliphatic hydroxyl groups excluding tert-OH is 1. The molecule has 0 aromatic heterocycles. The molecule has 1 aliphatic carbocycles. The summed E-state index contributed by atoms with van der Waals surface area (Å²) in [6.07, 6.45) is 1.36. The van der Waals surface area contributed by atoms with Gasteiger partial charge in [-0.25, -0.2) is 4.39 Å². The van der Waals surface area contributed by atoms with Crippen LogP contribution in [-0.2, 0) is 0 Å². The van der Waals surface area contributed by atoms with Crippen LogP contribution in [0.25, 0.3) is 0 Å². The Bertz CT molecular complexity index is 569. The minimum atomic E-state index is -0.790. The topological polar surface area (TPSA) is 66.6 Å². The summed E-state index contributed by atoms with van der Waals surface area (Å²) in [7, 11) is 0. The summed E-state index contributed by atoms with van der Waals surface area (Å²) < 4.78 is 13.4. The van der Waals surface area contributed by atoms with E-state index >= 15 is 0 Å². The van der Waals surface area contributed by atoms with Gasteiger partial charge in [0.2, 0.25) is 0 Å². The average Bonchev–Trinajstić information content (AvgIpc) is 2.95. The fourth-order valence-electron chi connectivity index (χ4n) is 3.36. The Labute approximate surface area is 120 Å². The van der Waals surface area contributed by atoms with Gasteiger partial charge in [-0.3, -0.25) is 10.1 Å². The normalized spacial score (nSPS) is 28.8. The zero-order chi connectivity index (χ0) is 14.4. The van der Waals surface area contributed by atoms with Crippen LogP contribution in [0.1, 0.15) is 12.8 Å². The molecule has 7 heteroatoms. The van der Waals surface area contributed by atoms with Crippen LogP contribution in [0.2, 0.25) is 5.02 Å². The summed E-state index contributed by atoms with van der Waals surface area (Å²) in [5, 5.41) is 20.8. The van der Waals surface area contributed by atoms with Crippen LogP contribution in [0.5, 0.6) is 0 Å². The molecular weight excluding hydrogens is 287 g/mol. The van der Waals surface area contributed by atoms with E-state index in [1.807, 2.05) is 4.90 Å². The summed E-state index contributed by atoms with van der Waals surface area (Å²) in [6, 6.07) is 2.17. The van der Waals surface area contributed by atoms with Crippen LogP contribution in [0, 0.1) is 27.8 Å². The van der Waals surface area contributed by atoms with Crippen molar-refractivity contribution >= 4 is 23.0 Å². The van der Waals surface area contributed by atoms with Crippen LogP contribution >= 0.6 is 11.6 Å². The van der Waals surface area contributed by atoms with Crippen molar-refractivity contribution in [3.8, 4) is 0 Å². The molecule has 3 unspecified atom stereocenters. The van der Waals surface area contributed by atoms with Gasteiger partial charge in [0.05, 0.1) is 22.1 Å². The number of nitro groups is 1. The minimum absolute atomic E-state index is 0.122. The monoisotopic (exact) mass is 300 g/mol. The van der Waals surface area contributed by atoms with Gasteiger partial charge in [0.25, 0.3) is 5.69 Å². The summed E-state index contributed by atoms with van der Waals surface area (Å²) in [4.78, 5) is 12.3. The van der Waals surface area contributed by atoms with E-state index in [0.717, 1.165) is 18.9 Å². The Kier molecular flexibility index (Phi) is 3.30. The van der Waals surface area contributed by atoms with Crippen molar-refractivity contribution in [3.05, 3.63) is 33.1 Å². The highest BCUT2D eigenvalue weighted by molar-refractivity contribution is 6.31. The molecule has 2 fully saturated rings. The number of benzene rings is 1. The molecule has 1 saturated carbocycles. The van der Waals surface area contributed by atoms with Crippen LogP contribution in [0.4, 0.5) is 15.8 Å². The van der Waals surface area contributed by atoms with Gasteiger partial charge in [0.1, 0.15) is 11.5 Å². The van der Waals surface area contributed by atoms with Crippen molar-refractivity contribution in [2.24, 2.45) is 11.8 Å². The van der Waals surface area contributed by atoms with E-state index in [1.54, 1.807) is 0 Å². The number of hydrogen-bond donors (Lipinski definition) is 1. The summed E-state index contributed by atoms with van der Waals surface area (Å²) in [6.45, 7) is 1.19. The molecular formula is C13H14ClFN2O3. The smallest absolute Gasteiger partial charge is 0.295 e. The first kappa shape index (κ1) is 13.6. The van der Waals surface area contributed by atoms with Gasteiger partial charge in [-0.05, 0) is 24.8 Å². The van der Waals surface area contributed by atoms with E-state index in [0.29, 0.717) is 24.7 Å². The maximum Gasteiger partial charge on any atom is 0.295 e. The second-order valence-corrected chi connectivity index (χ2v) is 5.89. The zero-order valence-corrected chi connectivity index (χ0v) is 11.4. The van der Waals surface area contributed by atoms with Gasteiger partial charge in [0, 0.05) is 19.0 Å². The number of anilines is 1. The molecule has 20 heavy (non-hydrogen) atoms. The number of aliphatic hydroxyl groups is 1. The molecule has 1 saturated heterocycles. The molecule has 3 atom stereocenters. The Balaban J connectivity index is 1.95. The summed E-state index contributed by atoms with van der Waals surface area (Å²) in [5.41, 5.74) is 0.0596. The third-order valence-electron chi connectivity index (χ3n) is 4.37. The lowest BCUT2D eigenvalue weighted by atomic mass is 10.00. The third-order valence-corrected chi connectivity index (χ3v) is 4.66. The number of rotatable bonds is 2. The van der Waals surface area contributed by atoms with Crippen molar-refractivity contribution in [1.29, 1.82) is 0 Å². The fourth-order valence-corrected chi connectivity index (χ4v) is 3.52. The Morgan fingerprint density at radius 2 is 2.15 bits per heavy atom. The predicted molar refractivity (Wildman–Crippen MR) is 72.5 cm³/mol. The molecule has 0 spiro atoms. The number of nitrogens with zero attached hydrogens (tertiary/aromatic N) is 2. The zero-order valence-electron chi connectivity index (χ0n) is 10.6. The number of halogens is 2. The second-order valence-electron chi connectivity index (χ2n) is 5.49. The first-order valence-corrected chi connectivity index (χ1v) is 6.91. The van der Waals surface area contributed by atoms with E-state index in [1.165, 1.54) is 6.07 Å². The highest BCUT2D eigenvalue weighted by Crippen LogP contribution is 2.43. The molecule has 1 heterocycles. The van der Waals surface area contributed by atoms with Crippen LogP contribution in [0.3, 0.4) is 0 Å². The highest BCUT2D eigenvalue weighted by atomic mass is 35.5. The van der Waals surface area contributed by atoms with E-state index in [9.17, 15) is 19.6 Å². The van der Waals surface area contributed by atoms with Gasteiger partial charge >= 0.3 is 0 Å². The molecule has 0 radical (unpaired) electrons. The maximum atomic E-state index is 13.4. The molecule has 1 aromatic carbocycles. The SMILES string of the molecule is O=[N+]([O-])c1cc(F)c(Cl)cc1N1CC2CCC(O)C2C1. The quantitative estimate of drug-likeness (QED) is 0.673. The maximum absolute atomic E-state index is 13.4. The minimum Gasteiger partial charge on any atom is -0.393 e. The van der Waals surface area contributed by atoms with Crippen molar-refractivity contribution in [2.75, 3.05) is 18.0 Å². The highest BCUT2D eigenvalue weighted by Gasteiger charge is 2.43. The third kappa shape index (κ3) is 2.13. The molecule has 5 nitrogen and oxygen atoms in total. The molecule has 1 aromatic rings. The van der Waals surface area contributed by atoms with Crippen molar-refractivity contribution in [3.63, 3.8) is 0 Å². The second kappa shape index (κ2) is 4.86. The Morgan fingerprint density at radius 3 is 2.80 bits per heavy atom. The first-order chi connectivity index (χ1) is 9.47. The van der Waals surface area contributed by atoms with E-state index in [-0.39, 0.29) is 22.7 Å². The Morgan fingerprint density at radius 1 is 1.40 bits per heavy atom. The molecule has 1 N–H and O–H groups in total. The van der Waals surface area contributed by atoms with Crippen LogP contribution in [-0.4, -0.2) is 29.2 Å².